The number of rotatable bonds is 8. The molecule has 306 valence electrons. The second kappa shape index (κ2) is 16.5. The van der Waals surface area contributed by atoms with E-state index in [1.807, 2.05) is 133 Å². The third kappa shape index (κ3) is 7.31. The van der Waals surface area contributed by atoms with Gasteiger partial charge in [0.05, 0.1) is 6.57 Å². The van der Waals surface area contributed by atoms with Crippen molar-refractivity contribution >= 4 is 5.69 Å². The van der Waals surface area contributed by atoms with Gasteiger partial charge in [0.25, 0.3) is 0 Å². The number of ether oxygens (including phenoxy) is 1. The van der Waals surface area contributed by atoms with Crippen molar-refractivity contribution in [2.75, 3.05) is 0 Å². The Balaban J connectivity index is 1.04. The molecule has 0 aliphatic carbocycles. The van der Waals surface area contributed by atoms with Crippen molar-refractivity contribution < 1.29 is 9.13 Å². The lowest BCUT2D eigenvalue weighted by atomic mass is 9.75. The molecule has 65 heavy (non-hydrogen) atoms. The summed E-state index contributed by atoms with van der Waals surface area (Å²) >= 11 is 0. The van der Waals surface area contributed by atoms with Crippen molar-refractivity contribution in [1.29, 1.82) is 0 Å². The molecule has 0 atom stereocenters. The van der Waals surface area contributed by atoms with E-state index in [1.54, 1.807) is 6.07 Å². The Morgan fingerprint density at radius 3 is 1.46 bits per heavy atom. The third-order valence-corrected chi connectivity index (χ3v) is 12.0. The molecule has 0 spiro atoms. The summed E-state index contributed by atoms with van der Waals surface area (Å²) in [5.41, 5.74) is 12.2. The first-order valence-electron chi connectivity index (χ1n) is 21.4. The first-order valence-corrected chi connectivity index (χ1v) is 21.4. The zero-order chi connectivity index (χ0) is 43.7. The summed E-state index contributed by atoms with van der Waals surface area (Å²) in [5.74, 6) is 1.49. The van der Waals surface area contributed by atoms with E-state index < -0.39 is 11.4 Å². The molecule has 0 bridgehead atoms. The van der Waals surface area contributed by atoms with Crippen LogP contribution >= 0.6 is 0 Å². The summed E-state index contributed by atoms with van der Waals surface area (Å²) in [5, 5.41) is 0. The van der Waals surface area contributed by atoms with Crippen molar-refractivity contribution in [3.8, 4) is 84.4 Å². The average molecular weight is 837 g/mol. The van der Waals surface area contributed by atoms with Gasteiger partial charge in [0.1, 0.15) is 11.6 Å². The van der Waals surface area contributed by atoms with Crippen LogP contribution in [0.4, 0.5) is 10.1 Å². The molecule has 11 rings (SSSR count). The summed E-state index contributed by atoms with van der Waals surface area (Å²) in [4.78, 5) is 18.7. The van der Waals surface area contributed by atoms with E-state index in [9.17, 15) is 0 Å². The number of nitrogens with zero attached hydrogens (tertiary/aromatic N) is 4. The summed E-state index contributed by atoms with van der Waals surface area (Å²) in [7, 11) is 0. The molecule has 0 amide bonds. The molecule has 6 heteroatoms. The summed E-state index contributed by atoms with van der Waals surface area (Å²) < 4.78 is 23.5. The van der Waals surface area contributed by atoms with Crippen molar-refractivity contribution in [1.82, 2.24) is 15.0 Å². The van der Waals surface area contributed by atoms with Crippen molar-refractivity contribution in [3.63, 3.8) is 0 Å². The molecule has 9 aromatic carbocycles. The van der Waals surface area contributed by atoms with E-state index in [1.165, 1.54) is 6.07 Å². The van der Waals surface area contributed by atoms with Crippen molar-refractivity contribution in [3.05, 3.63) is 258 Å². The van der Waals surface area contributed by atoms with Gasteiger partial charge in [-0.15, -0.1) is 0 Å². The summed E-state index contributed by atoms with van der Waals surface area (Å²) in [6, 6.07) is 73.8. The molecule has 1 aliphatic heterocycles. The van der Waals surface area contributed by atoms with E-state index >= 15 is 4.39 Å². The number of benzene rings is 9. The van der Waals surface area contributed by atoms with Gasteiger partial charge >= 0.3 is 0 Å². The largest absolute Gasteiger partial charge is 0.472 e. The number of fused-ring (bicyclic) bond motifs is 3. The number of aromatic nitrogens is 3. The van der Waals surface area contributed by atoms with Crippen molar-refractivity contribution in [2.45, 2.75) is 5.60 Å². The highest BCUT2D eigenvalue weighted by molar-refractivity contribution is 5.84. The number of hydrogen-bond acceptors (Lipinski definition) is 4. The first kappa shape index (κ1) is 39.1. The monoisotopic (exact) mass is 836 g/mol. The fourth-order valence-corrected chi connectivity index (χ4v) is 8.88. The van der Waals surface area contributed by atoms with E-state index in [0.717, 1.165) is 66.8 Å². The normalized spacial score (nSPS) is 12.3. The van der Waals surface area contributed by atoms with Gasteiger partial charge in [0, 0.05) is 38.9 Å². The van der Waals surface area contributed by atoms with Crippen LogP contribution in [0, 0.1) is 12.4 Å². The highest BCUT2D eigenvalue weighted by Gasteiger charge is 2.44. The Morgan fingerprint density at radius 1 is 0.385 bits per heavy atom. The van der Waals surface area contributed by atoms with E-state index in [0.29, 0.717) is 40.0 Å². The molecule has 0 saturated heterocycles. The molecule has 0 N–H and O–H groups in total. The van der Waals surface area contributed by atoms with Crippen LogP contribution in [0.25, 0.3) is 83.5 Å². The number of halogens is 1. The first-order chi connectivity index (χ1) is 32.0. The third-order valence-electron chi connectivity index (χ3n) is 12.0. The van der Waals surface area contributed by atoms with Crippen LogP contribution in [-0.4, -0.2) is 15.0 Å². The van der Waals surface area contributed by atoms with Crippen LogP contribution in [-0.2, 0) is 5.60 Å². The minimum Gasteiger partial charge on any atom is -0.472 e. The Hall–Kier alpha value is -8.79. The van der Waals surface area contributed by atoms with E-state index in [-0.39, 0.29) is 0 Å². The minimum absolute atomic E-state index is 0.331. The lowest BCUT2D eigenvalue weighted by molar-refractivity contribution is 0.152. The Kier molecular flexibility index (Phi) is 9.91. The Bertz CT molecular complexity index is 3380. The molecular weight excluding hydrogens is 800 g/mol. The maximum atomic E-state index is 16.2. The molecule has 10 aromatic rings. The summed E-state index contributed by atoms with van der Waals surface area (Å²) in [6.45, 7) is 7.39. The zero-order valence-corrected chi connectivity index (χ0v) is 34.9. The van der Waals surface area contributed by atoms with Crippen LogP contribution in [0.3, 0.4) is 0 Å². The van der Waals surface area contributed by atoms with Crippen LogP contribution in [0.15, 0.2) is 224 Å². The second-order valence-electron chi connectivity index (χ2n) is 16.0. The van der Waals surface area contributed by atoms with Gasteiger partial charge in [0.2, 0.25) is 0 Å². The maximum Gasteiger partial charge on any atom is 0.187 e. The van der Waals surface area contributed by atoms with E-state index in [2.05, 4.69) is 83.7 Å². The Labute approximate surface area is 376 Å². The van der Waals surface area contributed by atoms with Crippen LogP contribution in [0.1, 0.15) is 16.7 Å². The molecule has 0 fully saturated rings. The standard InChI is InChI=1S/C59H37FN4O/c1-61-51-30-27-40(28-31-51)42-18-14-20-45(34-42)57-62-56(44-19-13-17-41(33-44)39-15-5-2-6-16-39)63-58(64-57)47-35-46(36-50(60)37-47)43-29-32-53-52-25-11-12-26-54(52)59(65-55(53)38-43,48-21-7-3-8-22-48)49-23-9-4-10-24-49/h2-38H. The molecular formula is C59H37FN4O. The molecule has 1 aliphatic rings. The van der Waals surface area contributed by atoms with Gasteiger partial charge in [-0.2, -0.15) is 0 Å². The molecule has 0 saturated carbocycles. The van der Waals surface area contributed by atoms with E-state index in [4.69, 9.17) is 26.3 Å². The molecule has 5 nitrogen and oxygen atoms in total. The van der Waals surface area contributed by atoms with Gasteiger partial charge in [-0.05, 0) is 75.3 Å². The molecule has 0 radical (unpaired) electrons. The quantitative estimate of drug-likeness (QED) is 0.143. The van der Waals surface area contributed by atoms with Crippen LogP contribution in [0.5, 0.6) is 5.75 Å². The molecule has 2 heterocycles. The maximum absolute atomic E-state index is 16.2. The van der Waals surface area contributed by atoms with Crippen LogP contribution < -0.4 is 4.74 Å². The van der Waals surface area contributed by atoms with Gasteiger partial charge in [0.15, 0.2) is 28.8 Å². The fraction of sp³-hybridized carbons (Fsp3) is 0.0169. The molecule has 1 aromatic heterocycles. The van der Waals surface area contributed by atoms with Gasteiger partial charge in [-0.25, -0.2) is 24.2 Å². The van der Waals surface area contributed by atoms with Crippen molar-refractivity contribution in [2.24, 2.45) is 0 Å². The predicted octanol–water partition coefficient (Wildman–Crippen LogP) is 14.9. The minimum atomic E-state index is -0.939. The van der Waals surface area contributed by atoms with Gasteiger partial charge < -0.3 is 4.74 Å². The topological polar surface area (TPSA) is 52.3 Å². The lowest BCUT2D eigenvalue weighted by Gasteiger charge is -2.41. The van der Waals surface area contributed by atoms with Crippen LogP contribution in [0.2, 0.25) is 0 Å². The highest BCUT2D eigenvalue weighted by atomic mass is 19.1. The molecule has 0 unspecified atom stereocenters. The summed E-state index contributed by atoms with van der Waals surface area (Å²) in [6.07, 6.45) is 0. The average Bonchev–Trinajstić information content (AvgIpc) is 3.38. The zero-order valence-electron chi connectivity index (χ0n) is 34.9. The highest BCUT2D eigenvalue weighted by Crippen LogP contribution is 2.52. The SMILES string of the molecule is [C-]#[N+]c1ccc(-c2cccc(-c3nc(-c4cccc(-c5ccccc5)c4)nc(-c4cc(F)cc(-c5ccc6c(c5)OC(c5ccccc5)(c5ccccc5)c5ccccc5-6)c4)n3)c2)cc1. The smallest absolute Gasteiger partial charge is 0.187 e. The second-order valence-corrected chi connectivity index (χ2v) is 16.0. The lowest BCUT2D eigenvalue weighted by Crippen LogP contribution is -2.38. The van der Waals surface area contributed by atoms with Gasteiger partial charge in [-0.3, -0.25) is 0 Å². The fourth-order valence-electron chi connectivity index (χ4n) is 8.88. The predicted molar refractivity (Wildman–Crippen MR) is 257 cm³/mol. The Morgan fingerprint density at radius 2 is 0.846 bits per heavy atom. The number of hydrogen-bond donors (Lipinski definition) is 0. The van der Waals surface area contributed by atoms with Gasteiger partial charge in [-0.1, -0.05) is 188 Å².